The third-order valence-electron chi connectivity index (χ3n) is 4.17. The molecule has 0 aliphatic heterocycles. The lowest BCUT2D eigenvalue weighted by Crippen LogP contribution is -2.38. The molecule has 0 saturated carbocycles. The van der Waals surface area contributed by atoms with Crippen LogP contribution in [0.5, 0.6) is 0 Å². The number of hydrogen-bond acceptors (Lipinski definition) is 2. The van der Waals surface area contributed by atoms with Gasteiger partial charge in [-0.3, -0.25) is 0 Å². The van der Waals surface area contributed by atoms with Gasteiger partial charge in [0, 0.05) is 28.4 Å². The minimum absolute atomic E-state index is 0.265. The zero-order valence-corrected chi connectivity index (χ0v) is 12.5. The molecule has 0 unspecified atom stereocenters. The standard InChI is InChI=1S/C17H17F3N2O/c1-2-22-13-6-4-3-5-11(13)12-9-10(7-8-14(12)22)15(21)16(23)17(18,19)20/h3-9,15-16,23H,2,21H2,1H3/t15-,16-/m0/s1. The van der Waals surface area contributed by atoms with E-state index in [9.17, 15) is 18.3 Å². The molecule has 2 aromatic carbocycles. The highest BCUT2D eigenvalue weighted by Gasteiger charge is 2.42. The number of para-hydroxylation sites is 1. The number of fused-ring (bicyclic) bond motifs is 3. The predicted molar refractivity (Wildman–Crippen MR) is 84.1 cm³/mol. The number of nitrogens with two attached hydrogens (primary N) is 1. The molecule has 0 spiro atoms. The molecule has 0 aliphatic carbocycles. The van der Waals surface area contributed by atoms with Crippen molar-refractivity contribution >= 4 is 21.8 Å². The molecule has 0 amide bonds. The molecule has 2 atom stereocenters. The molecule has 1 heterocycles. The van der Waals surface area contributed by atoms with Crippen molar-refractivity contribution in [1.29, 1.82) is 0 Å². The van der Waals surface area contributed by atoms with Crippen molar-refractivity contribution < 1.29 is 18.3 Å². The number of nitrogens with zero attached hydrogens (tertiary/aromatic N) is 1. The number of aliphatic hydroxyl groups is 1. The maximum absolute atomic E-state index is 12.7. The Labute approximate surface area is 131 Å². The second-order valence-electron chi connectivity index (χ2n) is 5.55. The van der Waals surface area contributed by atoms with E-state index in [-0.39, 0.29) is 5.56 Å². The van der Waals surface area contributed by atoms with Crippen LogP contribution in [-0.4, -0.2) is 22.0 Å². The van der Waals surface area contributed by atoms with E-state index >= 15 is 0 Å². The van der Waals surface area contributed by atoms with E-state index in [1.54, 1.807) is 18.2 Å². The first kappa shape index (κ1) is 15.8. The Morgan fingerprint density at radius 1 is 1.09 bits per heavy atom. The van der Waals surface area contributed by atoms with Crippen LogP contribution in [0, 0.1) is 0 Å². The SMILES string of the molecule is CCn1c2ccccc2c2cc([C@H](N)[C@H](O)C(F)(F)F)ccc21. The first-order chi connectivity index (χ1) is 10.8. The summed E-state index contributed by atoms with van der Waals surface area (Å²) in [5.74, 6) is 0. The summed E-state index contributed by atoms with van der Waals surface area (Å²) >= 11 is 0. The summed E-state index contributed by atoms with van der Waals surface area (Å²) in [6, 6.07) is 11.2. The number of aromatic nitrogens is 1. The van der Waals surface area contributed by atoms with Crippen LogP contribution in [-0.2, 0) is 6.54 Å². The molecule has 1 aromatic heterocycles. The van der Waals surface area contributed by atoms with Crippen molar-refractivity contribution in [3.63, 3.8) is 0 Å². The van der Waals surface area contributed by atoms with Crippen LogP contribution >= 0.6 is 0 Å². The summed E-state index contributed by atoms with van der Waals surface area (Å²) in [6.07, 6.45) is -7.33. The third-order valence-corrected chi connectivity index (χ3v) is 4.17. The third kappa shape index (κ3) is 2.58. The zero-order valence-electron chi connectivity index (χ0n) is 12.5. The van der Waals surface area contributed by atoms with Gasteiger partial charge in [0.05, 0.1) is 6.04 Å². The van der Waals surface area contributed by atoms with Crippen molar-refractivity contribution in [1.82, 2.24) is 4.57 Å². The van der Waals surface area contributed by atoms with E-state index in [2.05, 4.69) is 4.57 Å². The number of rotatable bonds is 3. The summed E-state index contributed by atoms with van der Waals surface area (Å²) in [5.41, 5.74) is 7.84. The molecule has 3 aromatic rings. The molecule has 0 bridgehead atoms. The van der Waals surface area contributed by atoms with Crippen molar-refractivity contribution in [2.45, 2.75) is 31.8 Å². The van der Waals surface area contributed by atoms with Crippen molar-refractivity contribution in [3.05, 3.63) is 48.0 Å². The lowest BCUT2D eigenvalue weighted by atomic mass is 9.99. The molecule has 122 valence electrons. The van der Waals surface area contributed by atoms with Gasteiger partial charge in [-0.15, -0.1) is 0 Å². The summed E-state index contributed by atoms with van der Waals surface area (Å²) in [5, 5.41) is 11.2. The average molecular weight is 322 g/mol. The van der Waals surface area contributed by atoms with E-state index in [4.69, 9.17) is 5.73 Å². The first-order valence-electron chi connectivity index (χ1n) is 7.36. The fourth-order valence-corrected chi connectivity index (χ4v) is 3.01. The van der Waals surface area contributed by atoms with E-state index in [0.29, 0.717) is 0 Å². The molecule has 3 nitrogen and oxygen atoms in total. The lowest BCUT2D eigenvalue weighted by Gasteiger charge is -2.21. The quantitative estimate of drug-likeness (QED) is 0.772. The van der Waals surface area contributed by atoms with Gasteiger partial charge in [-0.25, -0.2) is 0 Å². The second kappa shape index (κ2) is 5.54. The predicted octanol–water partition coefficient (Wildman–Crippen LogP) is 3.74. The van der Waals surface area contributed by atoms with Crippen molar-refractivity contribution in [3.8, 4) is 0 Å². The molecule has 3 N–H and O–H groups in total. The number of aliphatic hydroxyl groups excluding tert-OH is 1. The summed E-state index contributed by atoms with van der Waals surface area (Å²) in [4.78, 5) is 0. The fraction of sp³-hybridized carbons (Fsp3) is 0.294. The molecule has 0 fully saturated rings. The smallest absolute Gasteiger partial charge is 0.382 e. The van der Waals surface area contributed by atoms with Crippen LogP contribution in [0.2, 0.25) is 0 Å². The molecular formula is C17H17F3N2O. The van der Waals surface area contributed by atoms with Crippen LogP contribution in [0.15, 0.2) is 42.5 Å². The van der Waals surface area contributed by atoms with Gasteiger partial charge >= 0.3 is 6.18 Å². The fourth-order valence-electron chi connectivity index (χ4n) is 3.01. The molecule has 6 heteroatoms. The van der Waals surface area contributed by atoms with Crippen LogP contribution in [0.1, 0.15) is 18.5 Å². The van der Waals surface area contributed by atoms with Gasteiger partial charge in [-0.2, -0.15) is 13.2 Å². The van der Waals surface area contributed by atoms with E-state index < -0.39 is 18.3 Å². The topological polar surface area (TPSA) is 51.2 Å². The number of halogens is 3. The zero-order chi connectivity index (χ0) is 16.8. The van der Waals surface area contributed by atoms with Crippen LogP contribution in [0.3, 0.4) is 0 Å². The highest BCUT2D eigenvalue weighted by Crippen LogP contribution is 2.33. The van der Waals surface area contributed by atoms with E-state index in [1.165, 1.54) is 0 Å². The Balaban J connectivity index is 2.18. The monoisotopic (exact) mass is 322 g/mol. The van der Waals surface area contributed by atoms with Crippen LogP contribution in [0.25, 0.3) is 21.8 Å². The molecule has 0 radical (unpaired) electrons. The maximum Gasteiger partial charge on any atom is 0.416 e. The molecule has 3 rings (SSSR count). The molecular weight excluding hydrogens is 305 g/mol. The Kier molecular flexibility index (Phi) is 3.82. The van der Waals surface area contributed by atoms with Gasteiger partial charge in [-0.1, -0.05) is 24.3 Å². The minimum Gasteiger partial charge on any atom is -0.382 e. The van der Waals surface area contributed by atoms with Crippen molar-refractivity contribution in [2.75, 3.05) is 0 Å². The van der Waals surface area contributed by atoms with Gasteiger partial charge in [0.25, 0.3) is 0 Å². The second-order valence-corrected chi connectivity index (χ2v) is 5.55. The Morgan fingerprint density at radius 3 is 2.39 bits per heavy atom. The van der Waals surface area contributed by atoms with E-state index in [1.807, 2.05) is 31.2 Å². The number of hydrogen-bond donors (Lipinski definition) is 2. The molecule has 0 saturated heterocycles. The van der Waals surface area contributed by atoms with Crippen LogP contribution in [0.4, 0.5) is 13.2 Å². The summed E-state index contributed by atoms with van der Waals surface area (Å²) in [7, 11) is 0. The maximum atomic E-state index is 12.7. The molecule has 23 heavy (non-hydrogen) atoms. The van der Waals surface area contributed by atoms with E-state index in [0.717, 1.165) is 28.4 Å². The first-order valence-corrected chi connectivity index (χ1v) is 7.36. The lowest BCUT2D eigenvalue weighted by molar-refractivity contribution is -0.210. The van der Waals surface area contributed by atoms with Crippen molar-refractivity contribution in [2.24, 2.45) is 5.73 Å². The van der Waals surface area contributed by atoms with Gasteiger partial charge in [-0.05, 0) is 30.7 Å². The van der Waals surface area contributed by atoms with Gasteiger partial charge < -0.3 is 15.4 Å². The summed E-state index contributed by atoms with van der Waals surface area (Å²) < 4.78 is 40.1. The van der Waals surface area contributed by atoms with Gasteiger partial charge in [0.1, 0.15) is 0 Å². The number of benzene rings is 2. The highest BCUT2D eigenvalue weighted by molar-refractivity contribution is 6.08. The number of aryl methyl sites for hydroxylation is 1. The summed E-state index contributed by atoms with van der Waals surface area (Å²) in [6.45, 7) is 2.76. The average Bonchev–Trinajstić information content (AvgIpc) is 2.85. The van der Waals surface area contributed by atoms with Crippen LogP contribution < -0.4 is 5.73 Å². The Bertz CT molecular complexity index is 854. The number of alkyl halides is 3. The van der Waals surface area contributed by atoms with Gasteiger partial charge in [0.15, 0.2) is 6.10 Å². The highest BCUT2D eigenvalue weighted by atomic mass is 19.4. The van der Waals surface area contributed by atoms with Gasteiger partial charge in [0.2, 0.25) is 0 Å². The normalized spacial score (nSPS) is 15.2. The molecule has 0 aliphatic rings. The Hall–Kier alpha value is -2.05. The largest absolute Gasteiger partial charge is 0.416 e. The Morgan fingerprint density at radius 2 is 1.74 bits per heavy atom. The minimum atomic E-state index is -4.74.